The molecule has 2 aromatic carbocycles. The van der Waals surface area contributed by atoms with Crippen molar-refractivity contribution in [2.24, 2.45) is 0 Å². The molecule has 0 radical (unpaired) electrons. The van der Waals surface area contributed by atoms with Crippen LogP contribution in [0, 0.1) is 0 Å². The lowest BCUT2D eigenvalue weighted by Crippen LogP contribution is -2.02. The number of para-hydroxylation sites is 1. The molecule has 3 aromatic rings. The molecular weight excluding hydrogens is 322 g/mol. The molecule has 1 heterocycles. The Balaban J connectivity index is 1.79. The number of carboxylic acids is 1. The Kier molecular flexibility index (Phi) is 4.70. The molecule has 0 unspecified atom stereocenters. The van der Waals surface area contributed by atoms with Gasteiger partial charge < -0.3 is 15.2 Å². The summed E-state index contributed by atoms with van der Waals surface area (Å²) >= 11 is 0. The van der Waals surface area contributed by atoms with Crippen molar-refractivity contribution in [1.82, 2.24) is 20.2 Å². The third kappa shape index (κ3) is 3.63. The molecule has 0 fully saturated rings. The highest BCUT2D eigenvalue weighted by atomic mass is 16.5. The van der Waals surface area contributed by atoms with Gasteiger partial charge in [0.2, 0.25) is 0 Å². The van der Waals surface area contributed by atoms with Crippen LogP contribution in [0.25, 0.3) is 11.8 Å². The van der Waals surface area contributed by atoms with Gasteiger partial charge in [0, 0.05) is 12.3 Å². The SMILES string of the molecule is COc1ccc(-n2nnnc2/C=C\Nc2ccccc2C(=O)O)cc1. The first kappa shape index (κ1) is 16.2. The van der Waals surface area contributed by atoms with Crippen LogP contribution in [0.15, 0.2) is 54.7 Å². The van der Waals surface area contributed by atoms with E-state index in [-0.39, 0.29) is 5.56 Å². The number of methoxy groups -OCH3 is 1. The second-order valence-electron chi connectivity index (χ2n) is 4.98. The Labute approximate surface area is 143 Å². The quantitative estimate of drug-likeness (QED) is 0.712. The summed E-state index contributed by atoms with van der Waals surface area (Å²) in [6.45, 7) is 0. The zero-order valence-electron chi connectivity index (χ0n) is 13.3. The summed E-state index contributed by atoms with van der Waals surface area (Å²) in [5.41, 5.74) is 1.44. The number of ether oxygens (including phenoxy) is 1. The minimum Gasteiger partial charge on any atom is -0.497 e. The largest absolute Gasteiger partial charge is 0.497 e. The number of hydrogen-bond donors (Lipinski definition) is 2. The number of aromatic carboxylic acids is 1. The molecule has 126 valence electrons. The van der Waals surface area contributed by atoms with Gasteiger partial charge in [-0.15, -0.1) is 5.10 Å². The monoisotopic (exact) mass is 337 g/mol. The van der Waals surface area contributed by atoms with Crippen molar-refractivity contribution in [2.45, 2.75) is 0 Å². The fraction of sp³-hybridized carbons (Fsp3) is 0.0588. The first-order chi connectivity index (χ1) is 12.2. The number of aromatic nitrogens is 4. The van der Waals surface area contributed by atoms with E-state index >= 15 is 0 Å². The van der Waals surface area contributed by atoms with Gasteiger partial charge in [-0.1, -0.05) is 12.1 Å². The van der Waals surface area contributed by atoms with Gasteiger partial charge in [0.1, 0.15) is 5.75 Å². The first-order valence-electron chi connectivity index (χ1n) is 7.37. The summed E-state index contributed by atoms with van der Waals surface area (Å²) in [7, 11) is 1.60. The molecule has 3 rings (SSSR count). The molecule has 1 aromatic heterocycles. The van der Waals surface area contributed by atoms with Gasteiger partial charge >= 0.3 is 5.97 Å². The van der Waals surface area contributed by atoms with Crippen molar-refractivity contribution in [3.8, 4) is 11.4 Å². The number of rotatable bonds is 6. The predicted molar refractivity (Wildman–Crippen MR) is 91.8 cm³/mol. The van der Waals surface area contributed by atoms with Crippen molar-refractivity contribution in [2.75, 3.05) is 12.4 Å². The van der Waals surface area contributed by atoms with E-state index < -0.39 is 5.97 Å². The van der Waals surface area contributed by atoms with Crippen molar-refractivity contribution < 1.29 is 14.6 Å². The van der Waals surface area contributed by atoms with Crippen LogP contribution in [0.3, 0.4) is 0 Å². The van der Waals surface area contributed by atoms with Crippen LogP contribution in [0.4, 0.5) is 5.69 Å². The third-order valence-corrected chi connectivity index (χ3v) is 3.44. The van der Waals surface area contributed by atoms with Gasteiger partial charge in [0.15, 0.2) is 5.82 Å². The molecular formula is C17H15N5O3. The molecule has 0 saturated heterocycles. The van der Waals surface area contributed by atoms with E-state index in [0.717, 1.165) is 11.4 Å². The second-order valence-corrected chi connectivity index (χ2v) is 4.98. The first-order valence-corrected chi connectivity index (χ1v) is 7.37. The maximum atomic E-state index is 11.2. The number of tetrazole rings is 1. The lowest BCUT2D eigenvalue weighted by molar-refractivity contribution is 0.0698. The molecule has 0 bridgehead atoms. The van der Waals surface area contributed by atoms with Crippen LogP contribution in [0.5, 0.6) is 5.75 Å². The van der Waals surface area contributed by atoms with Crippen LogP contribution < -0.4 is 10.1 Å². The molecule has 0 aliphatic rings. The average molecular weight is 337 g/mol. The van der Waals surface area contributed by atoms with E-state index in [2.05, 4.69) is 20.8 Å². The van der Waals surface area contributed by atoms with Gasteiger partial charge in [-0.2, -0.15) is 4.68 Å². The molecule has 0 spiro atoms. The molecule has 8 heteroatoms. The van der Waals surface area contributed by atoms with Crippen molar-refractivity contribution in [1.29, 1.82) is 0 Å². The van der Waals surface area contributed by atoms with Gasteiger partial charge in [-0.25, -0.2) is 4.79 Å². The summed E-state index contributed by atoms with van der Waals surface area (Å²) < 4.78 is 6.68. The topological polar surface area (TPSA) is 102 Å². The molecule has 0 saturated carbocycles. The van der Waals surface area contributed by atoms with E-state index in [1.54, 1.807) is 42.3 Å². The Hall–Kier alpha value is -3.68. The maximum Gasteiger partial charge on any atom is 0.337 e. The lowest BCUT2D eigenvalue weighted by Gasteiger charge is -2.05. The molecule has 0 atom stereocenters. The van der Waals surface area contributed by atoms with Crippen LogP contribution in [0.1, 0.15) is 16.2 Å². The predicted octanol–water partition coefficient (Wildman–Crippen LogP) is 2.45. The molecule has 2 N–H and O–H groups in total. The zero-order valence-corrected chi connectivity index (χ0v) is 13.3. The minimum atomic E-state index is -1.00. The molecule has 0 amide bonds. The molecule has 25 heavy (non-hydrogen) atoms. The minimum absolute atomic E-state index is 0.182. The fourth-order valence-corrected chi connectivity index (χ4v) is 2.21. The highest BCUT2D eigenvalue weighted by Gasteiger charge is 2.08. The molecule has 8 nitrogen and oxygen atoms in total. The maximum absolute atomic E-state index is 11.2. The number of anilines is 1. The summed E-state index contributed by atoms with van der Waals surface area (Å²) in [5.74, 6) is 0.228. The van der Waals surface area contributed by atoms with Crippen molar-refractivity contribution >= 4 is 17.7 Å². The standard InChI is InChI=1S/C17H15N5O3/c1-25-13-8-6-12(7-9-13)22-16(19-20-21-22)10-11-18-15-5-3-2-4-14(15)17(23)24/h2-11,18H,1H3,(H,23,24)/b11-10-. The number of nitrogens with zero attached hydrogens (tertiary/aromatic N) is 4. The number of carboxylic acid groups (broad SMARTS) is 1. The van der Waals surface area contributed by atoms with Gasteiger partial charge in [-0.3, -0.25) is 0 Å². The summed E-state index contributed by atoms with van der Waals surface area (Å²) in [4.78, 5) is 11.2. The van der Waals surface area contributed by atoms with Crippen LogP contribution in [-0.4, -0.2) is 38.4 Å². The number of carbonyl (C=O) groups is 1. The second kappa shape index (κ2) is 7.26. The Morgan fingerprint density at radius 1 is 1.20 bits per heavy atom. The Bertz CT molecular complexity index is 903. The smallest absolute Gasteiger partial charge is 0.337 e. The summed E-state index contributed by atoms with van der Waals surface area (Å²) in [5, 5.41) is 23.7. The lowest BCUT2D eigenvalue weighted by atomic mass is 10.2. The van der Waals surface area contributed by atoms with Gasteiger partial charge in [0.05, 0.1) is 24.0 Å². The van der Waals surface area contributed by atoms with Crippen molar-refractivity contribution in [3.63, 3.8) is 0 Å². The van der Waals surface area contributed by atoms with Crippen LogP contribution in [-0.2, 0) is 0 Å². The Morgan fingerprint density at radius 2 is 1.96 bits per heavy atom. The van der Waals surface area contributed by atoms with Gasteiger partial charge in [-0.05, 0) is 46.8 Å². The van der Waals surface area contributed by atoms with Crippen molar-refractivity contribution in [3.05, 3.63) is 66.1 Å². The average Bonchev–Trinajstić information content (AvgIpc) is 3.10. The number of hydrogen-bond acceptors (Lipinski definition) is 6. The summed E-state index contributed by atoms with van der Waals surface area (Å²) in [6, 6.07) is 13.9. The number of nitrogens with one attached hydrogen (secondary N) is 1. The highest BCUT2D eigenvalue weighted by Crippen LogP contribution is 2.17. The molecule has 0 aliphatic heterocycles. The van der Waals surface area contributed by atoms with E-state index in [4.69, 9.17) is 4.74 Å². The highest BCUT2D eigenvalue weighted by molar-refractivity contribution is 5.94. The summed E-state index contributed by atoms with van der Waals surface area (Å²) in [6.07, 6.45) is 3.25. The zero-order chi connectivity index (χ0) is 17.6. The van der Waals surface area contributed by atoms with Gasteiger partial charge in [0.25, 0.3) is 0 Å². The third-order valence-electron chi connectivity index (χ3n) is 3.44. The van der Waals surface area contributed by atoms with E-state index in [1.807, 2.05) is 24.3 Å². The normalized spacial score (nSPS) is 10.8. The fourth-order valence-electron chi connectivity index (χ4n) is 2.21. The van der Waals surface area contributed by atoms with Crippen LogP contribution in [0.2, 0.25) is 0 Å². The number of benzene rings is 2. The van der Waals surface area contributed by atoms with E-state index in [1.165, 1.54) is 6.07 Å². The van der Waals surface area contributed by atoms with Crippen LogP contribution >= 0.6 is 0 Å². The van der Waals surface area contributed by atoms with E-state index in [0.29, 0.717) is 11.5 Å². The Morgan fingerprint density at radius 3 is 2.68 bits per heavy atom. The van der Waals surface area contributed by atoms with E-state index in [9.17, 15) is 9.90 Å². The molecule has 0 aliphatic carbocycles.